The fourth-order valence-electron chi connectivity index (χ4n) is 3.29. The van der Waals surface area contributed by atoms with E-state index in [1.165, 1.54) is 13.3 Å². The maximum Gasteiger partial charge on any atom is 0.419 e. The first-order valence-corrected chi connectivity index (χ1v) is 8.48. The number of nitrogen functional groups attached to an aromatic ring is 1. The van der Waals surface area contributed by atoms with Crippen molar-refractivity contribution in [3.05, 3.63) is 35.7 Å². The quantitative estimate of drug-likeness (QED) is 0.618. The Labute approximate surface area is 157 Å². The number of rotatable bonds is 3. The zero-order valence-corrected chi connectivity index (χ0v) is 14.7. The van der Waals surface area contributed by atoms with Crippen molar-refractivity contribution in [2.45, 2.75) is 24.9 Å². The number of anilines is 2. The fraction of sp³-hybridized carbons (Fsp3) is 0.278. The van der Waals surface area contributed by atoms with Gasteiger partial charge >= 0.3 is 12.3 Å². The van der Waals surface area contributed by atoms with Crippen molar-refractivity contribution in [3.63, 3.8) is 0 Å². The van der Waals surface area contributed by atoms with Gasteiger partial charge in [-0.15, -0.1) is 0 Å². The normalized spacial score (nSPS) is 14.3. The zero-order chi connectivity index (χ0) is 20.1. The average molecular weight is 391 g/mol. The summed E-state index contributed by atoms with van der Waals surface area (Å²) in [5.74, 6) is -0.0383. The predicted molar refractivity (Wildman–Crippen MR) is 96.7 cm³/mol. The van der Waals surface area contributed by atoms with Crippen LogP contribution in [0.2, 0.25) is 0 Å². The number of nitrogens with two attached hydrogens (primary N) is 1. The number of fused-ring (bicyclic) bond motifs is 1. The zero-order valence-electron chi connectivity index (χ0n) is 14.7. The predicted octanol–water partition coefficient (Wildman–Crippen LogP) is 4.28. The van der Waals surface area contributed by atoms with E-state index >= 15 is 0 Å². The van der Waals surface area contributed by atoms with Crippen LogP contribution in [-0.2, 0) is 10.9 Å². The molecule has 4 rings (SSSR count). The molecular formula is C18H16F3N5O2. The molecule has 1 aliphatic carbocycles. The van der Waals surface area contributed by atoms with E-state index in [4.69, 9.17) is 5.73 Å². The summed E-state index contributed by atoms with van der Waals surface area (Å²) in [5, 5.41) is 3.22. The Morgan fingerprint density at radius 1 is 1.36 bits per heavy atom. The van der Waals surface area contributed by atoms with Crippen molar-refractivity contribution in [2.24, 2.45) is 0 Å². The van der Waals surface area contributed by atoms with E-state index in [0.29, 0.717) is 22.8 Å². The van der Waals surface area contributed by atoms with Crippen molar-refractivity contribution >= 4 is 28.6 Å². The summed E-state index contributed by atoms with van der Waals surface area (Å²) in [6.07, 6.45) is -1.23. The standard InChI is InChI=1S/C18H16F3N5O2/c1-28-17(27)25-12-5-4-9-10(6-23-15(9)13(12)8-2-3-8)14-11(18(19,20)21)7-24-16(22)26-14/h4-8,23H,2-3H2,1H3,(H,25,27)(H2,22,24,26). The molecule has 0 spiro atoms. The number of carbonyl (C=O) groups excluding carboxylic acids is 1. The van der Waals surface area contributed by atoms with Gasteiger partial charge in [0.1, 0.15) is 5.56 Å². The first kappa shape index (κ1) is 18.1. The monoisotopic (exact) mass is 391 g/mol. The van der Waals surface area contributed by atoms with Crippen LogP contribution < -0.4 is 11.1 Å². The van der Waals surface area contributed by atoms with Gasteiger partial charge in [-0.1, -0.05) is 6.07 Å². The third-order valence-electron chi connectivity index (χ3n) is 4.67. The van der Waals surface area contributed by atoms with Gasteiger partial charge in [0.05, 0.1) is 18.3 Å². The number of aromatic amines is 1. The summed E-state index contributed by atoms with van der Waals surface area (Å²) < 4.78 is 45.0. The largest absolute Gasteiger partial charge is 0.453 e. The smallest absolute Gasteiger partial charge is 0.419 e. The van der Waals surface area contributed by atoms with E-state index in [9.17, 15) is 18.0 Å². The number of benzene rings is 1. The molecule has 0 saturated heterocycles. The second-order valence-electron chi connectivity index (χ2n) is 6.53. The Balaban J connectivity index is 1.91. The van der Waals surface area contributed by atoms with Crippen LogP contribution in [0, 0.1) is 0 Å². The van der Waals surface area contributed by atoms with Crippen LogP contribution in [0.25, 0.3) is 22.2 Å². The summed E-state index contributed by atoms with van der Waals surface area (Å²) in [4.78, 5) is 22.0. The third-order valence-corrected chi connectivity index (χ3v) is 4.67. The van der Waals surface area contributed by atoms with E-state index in [-0.39, 0.29) is 23.1 Å². The highest BCUT2D eigenvalue weighted by molar-refractivity contribution is 6.01. The van der Waals surface area contributed by atoms with Gasteiger partial charge in [-0.3, -0.25) is 5.32 Å². The molecule has 1 amide bonds. The van der Waals surface area contributed by atoms with Gasteiger partial charge in [0.15, 0.2) is 0 Å². The molecule has 4 N–H and O–H groups in total. The van der Waals surface area contributed by atoms with E-state index in [0.717, 1.165) is 18.4 Å². The van der Waals surface area contributed by atoms with Gasteiger partial charge in [-0.05, 0) is 24.8 Å². The number of ether oxygens (including phenoxy) is 1. The first-order chi connectivity index (χ1) is 13.3. The number of H-pyrrole nitrogens is 1. The second kappa shape index (κ2) is 6.39. The van der Waals surface area contributed by atoms with E-state index in [1.807, 2.05) is 0 Å². The molecule has 2 heterocycles. The lowest BCUT2D eigenvalue weighted by Gasteiger charge is -2.13. The number of hydrogen-bond donors (Lipinski definition) is 3. The number of carbonyl (C=O) groups is 1. The summed E-state index contributed by atoms with van der Waals surface area (Å²) >= 11 is 0. The lowest BCUT2D eigenvalue weighted by atomic mass is 10.0. The summed E-state index contributed by atoms with van der Waals surface area (Å²) in [6.45, 7) is 0. The number of nitrogens with zero attached hydrogens (tertiary/aromatic N) is 2. The lowest BCUT2D eigenvalue weighted by molar-refractivity contribution is -0.137. The molecule has 0 unspecified atom stereocenters. The van der Waals surface area contributed by atoms with Crippen LogP contribution in [0.5, 0.6) is 0 Å². The molecular weight excluding hydrogens is 375 g/mol. The number of hydrogen-bond acceptors (Lipinski definition) is 5. The molecule has 1 fully saturated rings. The van der Waals surface area contributed by atoms with E-state index in [1.54, 1.807) is 12.1 Å². The van der Waals surface area contributed by atoms with Gasteiger partial charge in [-0.2, -0.15) is 13.2 Å². The summed E-state index contributed by atoms with van der Waals surface area (Å²) in [5.41, 5.74) is 6.60. The highest BCUT2D eigenvalue weighted by atomic mass is 19.4. The van der Waals surface area contributed by atoms with Gasteiger partial charge in [0.25, 0.3) is 0 Å². The Morgan fingerprint density at radius 3 is 2.75 bits per heavy atom. The topological polar surface area (TPSA) is 106 Å². The van der Waals surface area contributed by atoms with Gasteiger partial charge < -0.3 is 15.5 Å². The van der Waals surface area contributed by atoms with Gasteiger partial charge in [-0.25, -0.2) is 14.8 Å². The molecule has 1 aliphatic rings. The molecule has 0 bridgehead atoms. The molecule has 0 radical (unpaired) electrons. The van der Waals surface area contributed by atoms with Gasteiger partial charge in [0, 0.05) is 34.6 Å². The lowest BCUT2D eigenvalue weighted by Crippen LogP contribution is -2.12. The highest BCUT2D eigenvalue weighted by Crippen LogP contribution is 2.48. The highest BCUT2D eigenvalue weighted by Gasteiger charge is 2.36. The molecule has 1 aromatic carbocycles. The molecule has 28 heavy (non-hydrogen) atoms. The molecule has 3 aromatic rings. The van der Waals surface area contributed by atoms with E-state index in [2.05, 4.69) is 25.0 Å². The van der Waals surface area contributed by atoms with Crippen LogP contribution in [0.3, 0.4) is 0 Å². The Hall–Kier alpha value is -3.30. The van der Waals surface area contributed by atoms with Crippen LogP contribution in [-0.4, -0.2) is 28.2 Å². The Kier molecular flexibility index (Phi) is 4.13. The van der Waals surface area contributed by atoms with Crippen molar-refractivity contribution in [2.75, 3.05) is 18.2 Å². The molecule has 7 nitrogen and oxygen atoms in total. The Morgan fingerprint density at radius 2 is 2.11 bits per heavy atom. The number of nitrogens with one attached hydrogen (secondary N) is 2. The van der Waals surface area contributed by atoms with Crippen LogP contribution in [0.4, 0.5) is 29.6 Å². The minimum absolute atomic E-state index is 0.208. The molecule has 0 atom stereocenters. The maximum absolute atomic E-state index is 13.4. The van der Waals surface area contributed by atoms with Crippen molar-refractivity contribution in [1.82, 2.24) is 15.0 Å². The maximum atomic E-state index is 13.4. The van der Waals surface area contributed by atoms with Crippen LogP contribution >= 0.6 is 0 Å². The molecule has 1 saturated carbocycles. The van der Waals surface area contributed by atoms with Crippen molar-refractivity contribution in [3.8, 4) is 11.3 Å². The van der Waals surface area contributed by atoms with Gasteiger partial charge in [0.2, 0.25) is 5.95 Å². The summed E-state index contributed by atoms with van der Waals surface area (Å²) in [7, 11) is 1.26. The molecule has 0 aliphatic heterocycles. The second-order valence-corrected chi connectivity index (χ2v) is 6.53. The number of amides is 1. The van der Waals surface area contributed by atoms with E-state index < -0.39 is 17.8 Å². The third kappa shape index (κ3) is 3.10. The molecule has 146 valence electrons. The number of methoxy groups -OCH3 is 1. The Bertz CT molecular complexity index is 1070. The van der Waals surface area contributed by atoms with Crippen molar-refractivity contribution in [1.29, 1.82) is 0 Å². The minimum atomic E-state index is -4.63. The summed E-state index contributed by atoms with van der Waals surface area (Å²) in [6, 6.07) is 3.29. The SMILES string of the molecule is COC(=O)Nc1ccc2c(-c3nc(N)ncc3C(F)(F)F)c[nH]c2c1C1CC1. The van der Waals surface area contributed by atoms with Crippen LogP contribution in [0.1, 0.15) is 29.9 Å². The molecule has 2 aromatic heterocycles. The first-order valence-electron chi connectivity index (χ1n) is 8.48. The molecule has 10 heteroatoms. The average Bonchev–Trinajstić information content (AvgIpc) is 3.38. The minimum Gasteiger partial charge on any atom is -0.453 e. The van der Waals surface area contributed by atoms with Crippen molar-refractivity contribution < 1.29 is 22.7 Å². The fourth-order valence-corrected chi connectivity index (χ4v) is 3.29. The van der Waals surface area contributed by atoms with Crippen LogP contribution in [0.15, 0.2) is 24.5 Å². The number of halogens is 3. The number of alkyl halides is 3. The number of aromatic nitrogens is 3.